The van der Waals surface area contributed by atoms with Crippen LogP contribution in [0.2, 0.25) is 0 Å². The molecule has 0 heterocycles. The molecule has 0 rings (SSSR count). The minimum absolute atomic E-state index is 0.178. The third-order valence-corrected chi connectivity index (χ3v) is 2.51. The molecule has 0 amide bonds. The number of likely N-dealkylation sites (N-methyl/N-ethyl adjacent to an activating group) is 1. The number of rotatable bonds is 9. The molecule has 1 N–H and O–H groups in total. The van der Waals surface area contributed by atoms with E-state index in [1.54, 1.807) is 7.11 Å². The molecule has 0 aromatic carbocycles. The Hall–Kier alpha value is -0.120. The average Bonchev–Trinajstić information content (AvgIpc) is 2.12. The highest BCUT2D eigenvalue weighted by Gasteiger charge is 2.20. The van der Waals surface area contributed by atoms with Crippen LogP contribution >= 0.6 is 0 Å². The first-order chi connectivity index (χ1) is 7.41. The molecule has 0 saturated carbocycles. The molecule has 0 aliphatic carbocycles. The monoisotopic (exact) mass is 230 g/mol. The van der Waals surface area contributed by atoms with Gasteiger partial charge in [-0.3, -0.25) is 4.90 Å². The molecule has 0 aliphatic rings. The van der Waals surface area contributed by atoms with Gasteiger partial charge in [0, 0.05) is 32.3 Å². The quantitative estimate of drug-likeness (QED) is 0.655. The van der Waals surface area contributed by atoms with Gasteiger partial charge in [0.1, 0.15) is 0 Å². The normalized spacial score (nSPS) is 12.8. The van der Waals surface area contributed by atoms with Gasteiger partial charge in [-0.1, -0.05) is 20.8 Å². The third-order valence-electron chi connectivity index (χ3n) is 2.51. The van der Waals surface area contributed by atoms with Gasteiger partial charge in [0.05, 0.1) is 6.61 Å². The van der Waals surface area contributed by atoms with Gasteiger partial charge in [-0.05, 0) is 26.3 Å². The van der Waals surface area contributed by atoms with Crippen LogP contribution in [-0.4, -0.2) is 50.3 Å². The minimum Gasteiger partial charge on any atom is -0.383 e. The lowest BCUT2D eigenvalue weighted by Gasteiger charge is -2.34. The summed E-state index contributed by atoms with van der Waals surface area (Å²) in [6.07, 6.45) is 0. The van der Waals surface area contributed by atoms with Crippen LogP contribution < -0.4 is 5.32 Å². The molecular weight excluding hydrogens is 200 g/mol. The lowest BCUT2D eigenvalue weighted by atomic mass is 10.0. The lowest BCUT2D eigenvalue weighted by Crippen LogP contribution is -2.50. The van der Waals surface area contributed by atoms with Crippen LogP contribution in [0.3, 0.4) is 0 Å². The van der Waals surface area contributed by atoms with Crippen LogP contribution in [0.25, 0.3) is 0 Å². The van der Waals surface area contributed by atoms with E-state index in [1.165, 1.54) is 0 Å². The molecule has 3 nitrogen and oxygen atoms in total. The van der Waals surface area contributed by atoms with Gasteiger partial charge in [0.15, 0.2) is 0 Å². The third kappa shape index (κ3) is 8.08. The number of hydrogen-bond acceptors (Lipinski definition) is 3. The number of methoxy groups -OCH3 is 1. The van der Waals surface area contributed by atoms with E-state index >= 15 is 0 Å². The first kappa shape index (κ1) is 15.9. The lowest BCUT2D eigenvalue weighted by molar-refractivity contribution is 0.120. The molecule has 16 heavy (non-hydrogen) atoms. The summed E-state index contributed by atoms with van der Waals surface area (Å²) in [4.78, 5) is 2.48. The minimum atomic E-state index is 0.178. The van der Waals surface area contributed by atoms with Crippen molar-refractivity contribution in [3.8, 4) is 0 Å². The molecule has 0 unspecified atom stereocenters. The Kier molecular flexibility index (Phi) is 7.98. The molecule has 98 valence electrons. The summed E-state index contributed by atoms with van der Waals surface area (Å²) in [5.41, 5.74) is 0.178. The molecule has 0 bridgehead atoms. The zero-order valence-electron chi connectivity index (χ0n) is 12.0. The maximum atomic E-state index is 5.17. The van der Waals surface area contributed by atoms with E-state index in [2.05, 4.69) is 44.8 Å². The number of nitrogens with zero attached hydrogens (tertiary/aromatic N) is 1. The van der Waals surface area contributed by atoms with Crippen LogP contribution in [-0.2, 0) is 4.74 Å². The Balaban J connectivity index is 4.17. The fourth-order valence-corrected chi connectivity index (χ4v) is 2.07. The summed E-state index contributed by atoms with van der Waals surface area (Å²) in [6.45, 7) is 16.3. The van der Waals surface area contributed by atoms with Crippen molar-refractivity contribution < 1.29 is 4.74 Å². The van der Waals surface area contributed by atoms with Crippen molar-refractivity contribution in [2.45, 2.75) is 40.2 Å². The van der Waals surface area contributed by atoms with Gasteiger partial charge in [0.25, 0.3) is 0 Å². The summed E-state index contributed by atoms with van der Waals surface area (Å²) in [7, 11) is 1.77. The maximum absolute atomic E-state index is 5.17. The Morgan fingerprint density at radius 3 is 2.38 bits per heavy atom. The van der Waals surface area contributed by atoms with Crippen LogP contribution in [0, 0.1) is 5.92 Å². The van der Waals surface area contributed by atoms with Crippen LogP contribution in [0.1, 0.15) is 34.6 Å². The number of nitrogens with one attached hydrogen (secondary N) is 1. The molecule has 0 saturated heterocycles. The summed E-state index contributed by atoms with van der Waals surface area (Å²) < 4.78 is 5.17. The average molecular weight is 230 g/mol. The predicted molar refractivity (Wildman–Crippen MR) is 70.9 cm³/mol. The van der Waals surface area contributed by atoms with E-state index in [0.717, 1.165) is 32.8 Å². The Morgan fingerprint density at radius 1 is 1.31 bits per heavy atom. The van der Waals surface area contributed by atoms with Gasteiger partial charge in [-0.2, -0.15) is 0 Å². The van der Waals surface area contributed by atoms with Crippen LogP contribution in [0.5, 0.6) is 0 Å². The first-order valence-corrected chi connectivity index (χ1v) is 6.37. The molecule has 0 atom stereocenters. The van der Waals surface area contributed by atoms with E-state index < -0.39 is 0 Å². The van der Waals surface area contributed by atoms with Crippen LogP contribution in [0.4, 0.5) is 0 Å². The Labute approximate surface area is 102 Å². The van der Waals surface area contributed by atoms with Gasteiger partial charge < -0.3 is 10.1 Å². The van der Waals surface area contributed by atoms with Gasteiger partial charge in [-0.15, -0.1) is 0 Å². The van der Waals surface area contributed by atoms with Crippen molar-refractivity contribution >= 4 is 0 Å². The smallest absolute Gasteiger partial charge is 0.0589 e. The molecule has 0 fully saturated rings. The van der Waals surface area contributed by atoms with Crippen molar-refractivity contribution in [3.63, 3.8) is 0 Å². The second kappa shape index (κ2) is 8.04. The van der Waals surface area contributed by atoms with E-state index in [4.69, 9.17) is 4.74 Å². The zero-order chi connectivity index (χ0) is 12.6. The highest BCUT2D eigenvalue weighted by Crippen LogP contribution is 2.08. The van der Waals surface area contributed by atoms with Crippen LogP contribution in [0.15, 0.2) is 0 Å². The maximum Gasteiger partial charge on any atom is 0.0589 e. The molecule has 0 aliphatic heterocycles. The van der Waals surface area contributed by atoms with Gasteiger partial charge in [0.2, 0.25) is 0 Å². The number of ether oxygens (including phenoxy) is 1. The van der Waals surface area contributed by atoms with Crippen molar-refractivity contribution in [1.82, 2.24) is 10.2 Å². The van der Waals surface area contributed by atoms with E-state index in [-0.39, 0.29) is 5.54 Å². The molecular formula is C13H30N2O. The fourth-order valence-electron chi connectivity index (χ4n) is 2.07. The highest BCUT2D eigenvalue weighted by molar-refractivity contribution is 4.81. The summed E-state index contributed by atoms with van der Waals surface area (Å²) in [5, 5.41) is 3.52. The molecule has 0 radical (unpaired) electrons. The molecule has 0 aromatic rings. The van der Waals surface area contributed by atoms with Gasteiger partial charge >= 0.3 is 0 Å². The van der Waals surface area contributed by atoms with Gasteiger partial charge in [-0.25, -0.2) is 0 Å². The summed E-state index contributed by atoms with van der Waals surface area (Å²) >= 11 is 0. The van der Waals surface area contributed by atoms with Crippen molar-refractivity contribution in [2.24, 2.45) is 5.92 Å². The molecule has 0 spiro atoms. The topological polar surface area (TPSA) is 24.5 Å². The standard InChI is InChI=1S/C13H30N2O/c1-7-14-13(4,5)11-15(8-9-16-6)10-12(2)3/h12,14H,7-11H2,1-6H3. The first-order valence-electron chi connectivity index (χ1n) is 6.37. The van der Waals surface area contributed by atoms with E-state index in [9.17, 15) is 0 Å². The predicted octanol–water partition coefficient (Wildman–Crippen LogP) is 1.98. The molecule has 3 heteroatoms. The van der Waals surface area contributed by atoms with Crippen molar-refractivity contribution in [1.29, 1.82) is 0 Å². The largest absolute Gasteiger partial charge is 0.383 e. The van der Waals surface area contributed by atoms with Crippen molar-refractivity contribution in [3.05, 3.63) is 0 Å². The second-order valence-electron chi connectivity index (χ2n) is 5.54. The fraction of sp³-hybridized carbons (Fsp3) is 1.00. The number of hydrogen-bond donors (Lipinski definition) is 1. The zero-order valence-corrected chi connectivity index (χ0v) is 12.0. The second-order valence-corrected chi connectivity index (χ2v) is 5.54. The summed E-state index contributed by atoms with van der Waals surface area (Å²) in [5.74, 6) is 0.703. The highest BCUT2D eigenvalue weighted by atomic mass is 16.5. The molecule has 0 aromatic heterocycles. The SMILES string of the molecule is CCNC(C)(C)CN(CCOC)CC(C)C. The van der Waals surface area contributed by atoms with E-state index in [1.807, 2.05) is 0 Å². The Bertz CT molecular complexity index is 169. The van der Waals surface area contributed by atoms with E-state index in [0.29, 0.717) is 5.92 Å². The van der Waals surface area contributed by atoms with Crippen molar-refractivity contribution in [2.75, 3.05) is 39.9 Å². The summed E-state index contributed by atoms with van der Waals surface area (Å²) in [6, 6.07) is 0. The Morgan fingerprint density at radius 2 is 1.94 bits per heavy atom.